The molecule has 0 saturated heterocycles. The summed E-state index contributed by atoms with van der Waals surface area (Å²) in [5.74, 6) is -2.23. The van der Waals surface area contributed by atoms with Crippen LogP contribution in [0.15, 0.2) is 54.9 Å². The molecule has 0 atom stereocenters. The number of carbonyl (C=O) groups is 2. The maximum atomic E-state index is 10.7. The summed E-state index contributed by atoms with van der Waals surface area (Å²) in [5.41, 5.74) is 2.02. The smallest absolute Gasteiger partial charge is 0.335 e. The van der Waals surface area contributed by atoms with Crippen molar-refractivity contribution >= 4 is 17.6 Å². The van der Waals surface area contributed by atoms with Gasteiger partial charge in [0.1, 0.15) is 0 Å². The number of aryl methyl sites for hydroxylation is 2. The first-order valence-electron chi connectivity index (χ1n) is 8.03. The number of nitro groups is 1. The molecule has 1 aromatic heterocycles. The molecule has 1 heterocycles. The first kappa shape index (κ1) is 20.3. The minimum Gasteiger partial charge on any atom is -0.478 e. The van der Waals surface area contributed by atoms with Gasteiger partial charge in [0.15, 0.2) is 0 Å². The van der Waals surface area contributed by atoms with Crippen LogP contribution in [0.25, 0.3) is 5.69 Å². The monoisotopic (exact) mass is 383 g/mol. The van der Waals surface area contributed by atoms with Crippen molar-refractivity contribution in [1.29, 1.82) is 0 Å². The molecule has 2 aromatic carbocycles. The molecular weight excluding hydrogens is 366 g/mol. The lowest BCUT2D eigenvalue weighted by molar-refractivity contribution is -0.385. The largest absolute Gasteiger partial charge is 0.478 e. The van der Waals surface area contributed by atoms with Gasteiger partial charge in [0.05, 0.1) is 21.7 Å². The number of hydrogen-bond acceptors (Lipinski definition) is 5. The van der Waals surface area contributed by atoms with E-state index in [1.54, 1.807) is 49.1 Å². The average Bonchev–Trinajstić information content (AvgIpc) is 3.17. The van der Waals surface area contributed by atoms with Crippen LogP contribution in [0.5, 0.6) is 0 Å². The number of aromatic nitrogens is 2. The number of rotatable bonds is 4. The first-order valence-corrected chi connectivity index (χ1v) is 8.03. The molecule has 0 aliphatic heterocycles. The van der Waals surface area contributed by atoms with E-state index >= 15 is 0 Å². The van der Waals surface area contributed by atoms with Gasteiger partial charge in [-0.25, -0.2) is 14.3 Å². The molecular formula is C19H17N3O6. The van der Waals surface area contributed by atoms with Crippen LogP contribution in [0.1, 0.15) is 31.8 Å². The van der Waals surface area contributed by atoms with Crippen LogP contribution < -0.4 is 0 Å². The third-order valence-corrected chi connectivity index (χ3v) is 3.87. The lowest BCUT2D eigenvalue weighted by Crippen LogP contribution is -2.03. The summed E-state index contributed by atoms with van der Waals surface area (Å²) in [5, 5.41) is 32.0. The van der Waals surface area contributed by atoms with Gasteiger partial charge in [0, 0.05) is 24.0 Å². The molecule has 28 heavy (non-hydrogen) atoms. The van der Waals surface area contributed by atoms with Gasteiger partial charge in [-0.05, 0) is 43.7 Å². The lowest BCUT2D eigenvalue weighted by atomic mass is 10.1. The molecule has 0 amide bonds. The number of carboxylic acids is 2. The highest BCUT2D eigenvalue weighted by molar-refractivity contribution is 5.94. The van der Waals surface area contributed by atoms with E-state index in [1.807, 2.05) is 0 Å². The fourth-order valence-corrected chi connectivity index (χ4v) is 2.34. The SMILES string of the molecule is Cc1ccc(-n2cccn2)cc1[N+](=O)[O-].Cc1ccc(C(=O)O)cc1C(=O)O. The Morgan fingerprint density at radius 2 is 1.71 bits per heavy atom. The van der Waals surface area contributed by atoms with Crippen molar-refractivity contribution in [2.75, 3.05) is 0 Å². The number of benzene rings is 2. The van der Waals surface area contributed by atoms with Gasteiger partial charge in [0.25, 0.3) is 5.69 Å². The molecule has 0 aliphatic carbocycles. The molecule has 9 heteroatoms. The maximum Gasteiger partial charge on any atom is 0.335 e. The fourth-order valence-electron chi connectivity index (χ4n) is 2.34. The lowest BCUT2D eigenvalue weighted by Gasteiger charge is -2.02. The van der Waals surface area contributed by atoms with Crippen LogP contribution in [-0.4, -0.2) is 36.9 Å². The minimum absolute atomic E-state index is 0.0111. The normalized spacial score (nSPS) is 9.93. The zero-order valence-corrected chi connectivity index (χ0v) is 15.1. The third kappa shape index (κ3) is 4.79. The van der Waals surface area contributed by atoms with Crippen molar-refractivity contribution in [2.24, 2.45) is 0 Å². The third-order valence-electron chi connectivity index (χ3n) is 3.87. The molecule has 0 bridgehead atoms. The number of nitrogens with zero attached hydrogens (tertiary/aromatic N) is 3. The van der Waals surface area contributed by atoms with Gasteiger partial charge in [-0.15, -0.1) is 0 Å². The van der Waals surface area contributed by atoms with Gasteiger partial charge < -0.3 is 10.2 Å². The van der Waals surface area contributed by atoms with E-state index in [2.05, 4.69) is 5.10 Å². The predicted octanol–water partition coefficient (Wildman–Crippen LogP) is 3.48. The van der Waals surface area contributed by atoms with Crippen LogP contribution in [0.4, 0.5) is 5.69 Å². The molecule has 2 N–H and O–H groups in total. The van der Waals surface area contributed by atoms with Crippen LogP contribution in [-0.2, 0) is 0 Å². The van der Waals surface area contributed by atoms with Gasteiger partial charge in [0.2, 0.25) is 0 Å². The number of carboxylic acid groups (broad SMARTS) is 2. The van der Waals surface area contributed by atoms with E-state index in [-0.39, 0.29) is 21.7 Å². The Morgan fingerprint density at radius 1 is 1.04 bits per heavy atom. The van der Waals surface area contributed by atoms with E-state index in [0.29, 0.717) is 16.8 Å². The van der Waals surface area contributed by atoms with Gasteiger partial charge >= 0.3 is 11.9 Å². The Kier molecular flexibility index (Phi) is 6.22. The Balaban J connectivity index is 0.000000203. The van der Waals surface area contributed by atoms with Crippen molar-refractivity contribution in [3.8, 4) is 5.69 Å². The second-order valence-electron chi connectivity index (χ2n) is 5.82. The summed E-state index contributed by atoms with van der Waals surface area (Å²) in [6, 6.07) is 10.8. The zero-order valence-electron chi connectivity index (χ0n) is 15.1. The molecule has 0 spiro atoms. The van der Waals surface area contributed by atoms with Crippen LogP contribution in [0.3, 0.4) is 0 Å². The van der Waals surface area contributed by atoms with Gasteiger partial charge in [-0.2, -0.15) is 5.10 Å². The summed E-state index contributed by atoms with van der Waals surface area (Å²) in [4.78, 5) is 31.4. The topological polar surface area (TPSA) is 136 Å². The predicted molar refractivity (Wildman–Crippen MR) is 100 cm³/mol. The highest BCUT2D eigenvalue weighted by Crippen LogP contribution is 2.21. The van der Waals surface area contributed by atoms with E-state index in [4.69, 9.17) is 10.2 Å². The van der Waals surface area contributed by atoms with Crippen LogP contribution in [0.2, 0.25) is 0 Å². The second-order valence-corrected chi connectivity index (χ2v) is 5.82. The van der Waals surface area contributed by atoms with E-state index in [1.165, 1.54) is 18.2 Å². The van der Waals surface area contributed by atoms with Crippen molar-refractivity contribution in [3.63, 3.8) is 0 Å². The van der Waals surface area contributed by atoms with Crippen molar-refractivity contribution in [1.82, 2.24) is 9.78 Å². The van der Waals surface area contributed by atoms with Crippen LogP contribution >= 0.6 is 0 Å². The molecule has 3 rings (SSSR count). The molecule has 0 radical (unpaired) electrons. The summed E-state index contributed by atoms with van der Waals surface area (Å²) in [6.45, 7) is 3.33. The summed E-state index contributed by atoms with van der Waals surface area (Å²) in [7, 11) is 0. The van der Waals surface area contributed by atoms with Crippen molar-refractivity contribution in [3.05, 3.63) is 87.2 Å². The Hall–Kier alpha value is -4.01. The molecule has 0 aliphatic rings. The number of nitro benzene ring substituents is 1. The maximum absolute atomic E-state index is 10.7. The van der Waals surface area contributed by atoms with Gasteiger partial charge in [-0.1, -0.05) is 12.1 Å². The molecule has 0 saturated carbocycles. The highest BCUT2D eigenvalue weighted by atomic mass is 16.6. The number of aromatic carboxylic acids is 2. The summed E-state index contributed by atoms with van der Waals surface area (Å²) in [6.07, 6.45) is 3.38. The standard InChI is InChI=1S/C10H9N3O2.C9H8O4/c1-8-3-4-9(7-10(8)13(14)15)12-6-2-5-11-12;1-5-2-3-6(8(10)11)4-7(5)9(12)13/h2-7H,1H3;2-4H,1H3,(H,10,11)(H,12,13). The van der Waals surface area contributed by atoms with Crippen molar-refractivity contribution < 1.29 is 24.7 Å². The zero-order chi connectivity index (χ0) is 20.8. The number of hydrogen-bond donors (Lipinski definition) is 2. The highest BCUT2D eigenvalue weighted by Gasteiger charge is 2.12. The van der Waals surface area contributed by atoms with Crippen molar-refractivity contribution in [2.45, 2.75) is 13.8 Å². The van der Waals surface area contributed by atoms with Crippen LogP contribution in [0, 0.1) is 24.0 Å². The quantitative estimate of drug-likeness (QED) is 0.520. The van der Waals surface area contributed by atoms with E-state index < -0.39 is 11.9 Å². The Labute approximate surface area is 159 Å². The molecule has 0 fully saturated rings. The Bertz CT molecular complexity index is 1030. The fraction of sp³-hybridized carbons (Fsp3) is 0.105. The van der Waals surface area contributed by atoms with E-state index in [9.17, 15) is 19.7 Å². The first-order chi connectivity index (χ1) is 13.2. The summed E-state index contributed by atoms with van der Waals surface area (Å²) >= 11 is 0. The molecule has 3 aromatic rings. The second kappa shape index (κ2) is 8.58. The van der Waals surface area contributed by atoms with Gasteiger partial charge in [-0.3, -0.25) is 10.1 Å². The van der Waals surface area contributed by atoms with E-state index in [0.717, 1.165) is 6.07 Å². The molecule has 0 unspecified atom stereocenters. The average molecular weight is 383 g/mol. The minimum atomic E-state index is -1.12. The Morgan fingerprint density at radius 3 is 2.25 bits per heavy atom. The summed E-state index contributed by atoms with van der Waals surface area (Å²) < 4.78 is 1.59. The molecule has 9 nitrogen and oxygen atoms in total. The molecule has 144 valence electrons.